The topological polar surface area (TPSA) is 71.1 Å². The van der Waals surface area contributed by atoms with Crippen LogP contribution in [0.1, 0.15) is 48.5 Å². The first-order valence-corrected chi connectivity index (χ1v) is 11.0. The summed E-state index contributed by atoms with van der Waals surface area (Å²) < 4.78 is 11.0. The van der Waals surface area contributed by atoms with Gasteiger partial charge in [-0.3, -0.25) is 0 Å². The monoisotopic (exact) mass is 448 g/mol. The maximum atomic E-state index is 12.6. The number of nitrogens with one attached hydrogen (secondary N) is 1. The van der Waals surface area contributed by atoms with Gasteiger partial charge in [0.05, 0.1) is 5.60 Å². The number of hydrogen-bond donors (Lipinski definition) is 2. The maximum Gasteiger partial charge on any atom is 0.410 e. The first kappa shape index (κ1) is 25.4. The maximum absolute atomic E-state index is 12.6. The van der Waals surface area contributed by atoms with Crippen LogP contribution in [0.2, 0.25) is 0 Å². The van der Waals surface area contributed by atoms with Crippen molar-refractivity contribution in [1.82, 2.24) is 9.80 Å². The minimum atomic E-state index is -0.529. The summed E-state index contributed by atoms with van der Waals surface area (Å²) in [5.74, 6) is 0. The molecule has 1 N–H and O–H groups in total. The summed E-state index contributed by atoms with van der Waals surface area (Å²) in [5.41, 5.74) is 0.628. The van der Waals surface area contributed by atoms with Crippen molar-refractivity contribution in [3.63, 3.8) is 0 Å². The minimum Gasteiger partial charge on any atom is -0.444 e. The second-order valence-electron chi connectivity index (χ2n) is 9.81. The normalized spacial score (nSPS) is 15.5. The molecule has 31 heavy (non-hydrogen) atoms. The van der Waals surface area contributed by atoms with E-state index in [9.17, 15) is 9.59 Å². The summed E-state index contributed by atoms with van der Waals surface area (Å²) in [5, 5.41) is 2.90. The molecule has 1 radical (unpaired) electrons. The highest BCUT2D eigenvalue weighted by Crippen LogP contribution is 2.30. The van der Waals surface area contributed by atoms with Gasteiger partial charge in [-0.25, -0.2) is 9.59 Å². The Morgan fingerprint density at radius 3 is 1.94 bits per heavy atom. The van der Waals surface area contributed by atoms with Gasteiger partial charge in [-0.2, -0.15) is 12.6 Å². The zero-order valence-electron chi connectivity index (χ0n) is 19.7. The number of hydrogen-bond acceptors (Lipinski definition) is 5. The summed E-state index contributed by atoms with van der Waals surface area (Å²) in [6, 6.07) is 7.26. The fraction of sp³-hybridized carbons (Fsp3) is 0.636. The van der Waals surface area contributed by atoms with Gasteiger partial charge in [0.25, 0.3) is 0 Å². The lowest BCUT2D eigenvalue weighted by Gasteiger charge is -2.38. The Morgan fingerprint density at radius 1 is 0.935 bits per heavy atom. The standard InChI is InChI=1S/C22H35BN3O4S/c1-20(2,3)29-19(28)26-14-12-25(13-15-26)18(27)24-17-10-8-16(9-11-17)23-30-21(4,5)22(6,7)31/h8-11,31H,12-15H2,1-7H3,(H,24,27). The van der Waals surface area contributed by atoms with E-state index in [2.05, 4.69) is 17.9 Å². The molecule has 0 atom stereocenters. The fourth-order valence-electron chi connectivity index (χ4n) is 2.63. The van der Waals surface area contributed by atoms with Crippen LogP contribution in [0.4, 0.5) is 15.3 Å². The second kappa shape index (κ2) is 9.73. The quantitative estimate of drug-likeness (QED) is 0.534. The zero-order valence-corrected chi connectivity index (χ0v) is 20.6. The molecule has 3 amide bonds. The number of nitrogens with zero attached hydrogens (tertiary/aromatic N) is 2. The Morgan fingerprint density at radius 2 is 1.45 bits per heavy atom. The second-order valence-corrected chi connectivity index (χ2v) is 10.9. The molecule has 171 valence electrons. The number of carbonyl (C=O) groups is 2. The predicted octanol–water partition coefficient (Wildman–Crippen LogP) is 3.52. The lowest BCUT2D eigenvalue weighted by Crippen LogP contribution is -2.52. The molecule has 1 fully saturated rings. The van der Waals surface area contributed by atoms with E-state index in [-0.39, 0.29) is 16.9 Å². The van der Waals surface area contributed by atoms with Crippen LogP contribution in [-0.2, 0) is 9.39 Å². The molecule has 0 saturated carbocycles. The SMILES string of the molecule is CC(C)(C)OC(=O)N1CCN(C(=O)Nc2ccc([B]OC(C)(C)C(C)(C)S)cc2)CC1. The van der Waals surface area contributed by atoms with E-state index >= 15 is 0 Å². The average molecular weight is 448 g/mol. The van der Waals surface area contributed by atoms with Crippen LogP contribution >= 0.6 is 12.6 Å². The molecule has 0 spiro atoms. The molecule has 0 bridgehead atoms. The van der Waals surface area contributed by atoms with Crippen molar-refractivity contribution in [2.75, 3.05) is 31.5 Å². The lowest BCUT2D eigenvalue weighted by atomic mass is 9.84. The number of urea groups is 1. The highest BCUT2D eigenvalue weighted by molar-refractivity contribution is 7.81. The third-order valence-corrected chi connectivity index (χ3v) is 5.88. The van der Waals surface area contributed by atoms with E-state index in [1.54, 1.807) is 17.3 Å². The molecular formula is C22H35BN3O4S. The number of ether oxygens (including phenoxy) is 1. The molecule has 1 heterocycles. The van der Waals surface area contributed by atoms with Crippen molar-refractivity contribution in [2.24, 2.45) is 0 Å². The first-order valence-electron chi connectivity index (χ1n) is 10.6. The zero-order chi connectivity index (χ0) is 23.4. The highest BCUT2D eigenvalue weighted by atomic mass is 32.1. The number of anilines is 1. The van der Waals surface area contributed by atoms with E-state index in [0.717, 1.165) is 5.46 Å². The molecule has 1 aliphatic rings. The molecule has 7 nitrogen and oxygen atoms in total. The van der Waals surface area contributed by atoms with Crippen LogP contribution in [0.25, 0.3) is 0 Å². The van der Waals surface area contributed by atoms with Gasteiger partial charge in [0, 0.05) is 36.6 Å². The lowest BCUT2D eigenvalue weighted by molar-refractivity contribution is 0.0174. The molecule has 2 rings (SSSR count). The van der Waals surface area contributed by atoms with Crippen LogP contribution in [0.15, 0.2) is 24.3 Å². The van der Waals surface area contributed by atoms with Gasteiger partial charge in [0.2, 0.25) is 0 Å². The molecule has 1 saturated heterocycles. The molecule has 9 heteroatoms. The van der Waals surface area contributed by atoms with E-state index < -0.39 is 11.2 Å². The number of carbonyl (C=O) groups excluding carboxylic acids is 2. The van der Waals surface area contributed by atoms with Gasteiger partial charge in [-0.15, -0.1) is 0 Å². The molecule has 0 aromatic heterocycles. The van der Waals surface area contributed by atoms with E-state index in [1.807, 2.05) is 72.7 Å². The van der Waals surface area contributed by atoms with Crippen LogP contribution in [0.5, 0.6) is 0 Å². The average Bonchev–Trinajstić information content (AvgIpc) is 2.65. The molecule has 1 aromatic rings. The number of amides is 3. The molecule has 1 aromatic carbocycles. The summed E-state index contributed by atoms with van der Waals surface area (Å²) in [7, 11) is 1.71. The number of rotatable bonds is 5. The first-order chi connectivity index (χ1) is 14.2. The Labute approximate surface area is 192 Å². The minimum absolute atomic E-state index is 0.185. The van der Waals surface area contributed by atoms with Crippen LogP contribution in [0.3, 0.4) is 0 Å². The van der Waals surface area contributed by atoms with Crippen molar-refractivity contribution in [3.8, 4) is 0 Å². The van der Waals surface area contributed by atoms with Crippen molar-refractivity contribution in [1.29, 1.82) is 0 Å². The summed E-state index contributed by atoms with van der Waals surface area (Å²) in [6.45, 7) is 15.3. The highest BCUT2D eigenvalue weighted by Gasteiger charge is 2.34. The Balaban J connectivity index is 1.82. The number of piperazine rings is 1. The summed E-state index contributed by atoms with van der Waals surface area (Å²) in [6.07, 6.45) is -0.342. The van der Waals surface area contributed by atoms with E-state index in [0.29, 0.717) is 31.9 Å². The van der Waals surface area contributed by atoms with Crippen molar-refractivity contribution >= 4 is 43.4 Å². The van der Waals surface area contributed by atoms with E-state index in [4.69, 9.17) is 9.39 Å². The number of benzene rings is 1. The van der Waals surface area contributed by atoms with Gasteiger partial charge in [-0.05, 0) is 60.6 Å². The van der Waals surface area contributed by atoms with Gasteiger partial charge in [-0.1, -0.05) is 17.6 Å². The summed E-state index contributed by atoms with van der Waals surface area (Å²) in [4.78, 5) is 28.0. The fourth-order valence-corrected chi connectivity index (χ4v) is 2.68. The summed E-state index contributed by atoms with van der Waals surface area (Å²) >= 11 is 4.59. The van der Waals surface area contributed by atoms with Gasteiger partial charge in [0.15, 0.2) is 0 Å². The Kier molecular flexibility index (Phi) is 7.97. The largest absolute Gasteiger partial charge is 0.444 e. The smallest absolute Gasteiger partial charge is 0.410 e. The predicted molar refractivity (Wildman–Crippen MR) is 128 cm³/mol. The van der Waals surface area contributed by atoms with Crippen LogP contribution in [-0.4, -0.2) is 71.5 Å². The number of thiol groups is 1. The Bertz CT molecular complexity index is 764. The van der Waals surface area contributed by atoms with Crippen molar-refractivity contribution in [3.05, 3.63) is 24.3 Å². The van der Waals surface area contributed by atoms with Crippen LogP contribution < -0.4 is 10.8 Å². The third-order valence-electron chi connectivity index (χ3n) is 5.34. The molecule has 1 aliphatic heterocycles. The molecule has 0 aliphatic carbocycles. The van der Waals surface area contributed by atoms with Gasteiger partial charge >= 0.3 is 19.6 Å². The van der Waals surface area contributed by atoms with Crippen molar-refractivity contribution < 1.29 is 19.0 Å². The Hall–Kier alpha value is -1.87. The van der Waals surface area contributed by atoms with Crippen LogP contribution in [0, 0.1) is 0 Å². The molecule has 0 unspecified atom stereocenters. The van der Waals surface area contributed by atoms with Gasteiger partial charge < -0.3 is 24.5 Å². The van der Waals surface area contributed by atoms with E-state index in [1.165, 1.54) is 0 Å². The molecular weight excluding hydrogens is 413 g/mol. The van der Waals surface area contributed by atoms with Gasteiger partial charge in [0.1, 0.15) is 5.60 Å². The third kappa shape index (κ3) is 7.65. The van der Waals surface area contributed by atoms with Crippen molar-refractivity contribution in [2.45, 2.75) is 64.4 Å².